The summed E-state index contributed by atoms with van der Waals surface area (Å²) in [6.07, 6.45) is 1.27. The summed E-state index contributed by atoms with van der Waals surface area (Å²) < 4.78 is 11.9. The summed E-state index contributed by atoms with van der Waals surface area (Å²) in [6, 6.07) is 5.42. The molecule has 1 aliphatic heterocycles. The van der Waals surface area contributed by atoms with Crippen molar-refractivity contribution >= 4 is 23.0 Å². The molecule has 7 nitrogen and oxygen atoms in total. The number of carbonyl (C=O) groups excluding carboxylic acids is 2. The second-order valence-corrected chi connectivity index (χ2v) is 7.75. The predicted octanol–water partition coefficient (Wildman–Crippen LogP) is 2.40. The van der Waals surface area contributed by atoms with Crippen molar-refractivity contribution in [3.63, 3.8) is 0 Å². The SMILES string of the molecule is COC(=O)c1cn(C)c2cc(C3(O)CN(C(=O)OC(C)(C)C)C3)ccc12. The maximum Gasteiger partial charge on any atom is 0.410 e. The number of hydrogen-bond donors (Lipinski definition) is 1. The minimum atomic E-state index is -1.12. The van der Waals surface area contributed by atoms with E-state index >= 15 is 0 Å². The predicted molar refractivity (Wildman–Crippen MR) is 96.0 cm³/mol. The maximum atomic E-state index is 12.1. The molecule has 0 aliphatic carbocycles. The van der Waals surface area contributed by atoms with Crippen molar-refractivity contribution in [2.45, 2.75) is 32.0 Å². The van der Waals surface area contributed by atoms with Gasteiger partial charge in [0.2, 0.25) is 0 Å². The van der Waals surface area contributed by atoms with Crippen molar-refractivity contribution in [2.75, 3.05) is 20.2 Å². The lowest BCUT2D eigenvalue weighted by Crippen LogP contribution is -2.61. The highest BCUT2D eigenvalue weighted by atomic mass is 16.6. The van der Waals surface area contributed by atoms with Gasteiger partial charge in [-0.25, -0.2) is 9.59 Å². The summed E-state index contributed by atoms with van der Waals surface area (Å²) in [4.78, 5) is 25.4. The average molecular weight is 360 g/mol. The molecule has 0 bridgehead atoms. The molecule has 140 valence electrons. The van der Waals surface area contributed by atoms with E-state index in [9.17, 15) is 14.7 Å². The molecular weight excluding hydrogens is 336 g/mol. The van der Waals surface area contributed by atoms with Crippen LogP contribution in [0.5, 0.6) is 0 Å². The molecule has 0 atom stereocenters. The van der Waals surface area contributed by atoms with Crippen molar-refractivity contribution in [1.82, 2.24) is 9.47 Å². The number of β-amino-alcohol motifs (C(OH)–C–C–N with tert-alkyl or cyclic N) is 1. The Morgan fingerprint density at radius 3 is 2.46 bits per heavy atom. The lowest BCUT2D eigenvalue weighted by atomic mass is 9.86. The van der Waals surface area contributed by atoms with Crippen LogP contribution in [0.15, 0.2) is 24.4 Å². The summed E-state index contributed by atoms with van der Waals surface area (Å²) in [5.41, 5.74) is 0.291. The Labute approximate surface area is 152 Å². The standard InChI is InChI=1S/C19H24N2O5/c1-18(2,3)26-17(23)21-10-19(24,11-21)12-6-7-13-14(16(22)25-5)9-20(4)15(13)8-12/h6-9,24H,10-11H2,1-5H3. The summed E-state index contributed by atoms with van der Waals surface area (Å²) >= 11 is 0. The van der Waals surface area contributed by atoms with Gasteiger partial charge in [-0.1, -0.05) is 12.1 Å². The molecule has 1 amide bonds. The number of aromatic nitrogens is 1. The zero-order valence-electron chi connectivity index (χ0n) is 15.7. The fourth-order valence-corrected chi connectivity index (χ4v) is 3.17. The number of likely N-dealkylation sites (tertiary alicyclic amines) is 1. The number of carbonyl (C=O) groups is 2. The molecule has 26 heavy (non-hydrogen) atoms. The van der Waals surface area contributed by atoms with Crippen molar-refractivity contribution in [3.05, 3.63) is 35.5 Å². The molecule has 1 N–H and O–H groups in total. The molecular formula is C19H24N2O5. The maximum absolute atomic E-state index is 12.1. The van der Waals surface area contributed by atoms with Crippen LogP contribution in [0.25, 0.3) is 10.9 Å². The summed E-state index contributed by atoms with van der Waals surface area (Å²) in [7, 11) is 3.17. The van der Waals surface area contributed by atoms with Crippen LogP contribution in [0.3, 0.4) is 0 Å². The van der Waals surface area contributed by atoms with Gasteiger partial charge in [-0.15, -0.1) is 0 Å². The van der Waals surface area contributed by atoms with Crippen LogP contribution in [-0.2, 0) is 22.1 Å². The lowest BCUT2D eigenvalue weighted by molar-refractivity contribution is -0.103. The molecule has 2 heterocycles. The van der Waals surface area contributed by atoms with Gasteiger partial charge in [0.25, 0.3) is 0 Å². The number of esters is 1. The first-order valence-electron chi connectivity index (χ1n) is 8.42. The third-order valence-corrected chi connectivity index (χ3v) is 4.49. The first-order chi connectivity index (χ1) is 12.0. The lowest BCUT2D eigenvalue weighted by Gasteiger charge is -2.46. The number of benzene rings is 1. The second kappa shape index (κ2) is 6.02. The Morgan fingerprint density at radius 2 is 1.88 bits per heavy atom. The van der Waals surface area contributed by atoms with Crippen molar-refractivity contribution < 1.29 is 24.2 Å². The van der Waals surface area contributed by atoms with Crippen LogP contribution in [-0.4, -0.2) is 52.4 Å². The van der Waals surface area contributed by atoms with Gasteiger partial charge in [-0.2, -0.15) is 0 Å². The Hall–Kier alpha value is -2.54. The van der Waals surface area contributed by atoms with E-state index in [0.717, 1.165) is 10.9 Å². The number of methoxy groups -OCH3 is 1. The van der Waals surface area contributed by atoms with E-state index < -0.39 is 23.3 Å². The molecule has 3 rings (SSSR count). The quantitative estimate of drug-likeness (QED) is 0.832. The molecule has 1 aromatic carbocycles. The van der Waals surface area contributed by atoms with E-state index in [4.69, 9.17) is 9.47 Å². The van der Waals surface area contributed by atoms with Crippen molar-refractivity contribution in [3.8, 4) is 0 Å². The number of hydrogen-bond acceptors (Lipinski definition) is 5. The molecule has 1 aliphatic rings. The van der Waals surface area contributed by atoms with Crippen LogP contribution in [0.2, 0.25) is 0 Å². The zero-order valence-corrected chi connectivity index (χ0v) is 15.7. The van der Waals surface area contributed by atoms with E-state index in [0.29, 0.717) is 11.1 Å². The summed E-state index contributed by atoms with van der Waals surface area (Å²) in [5, 5.41) is 11.6. The normalized spacial score (nSPS) is 16.3. The van der Waals surface area contributed by atoms with Crippen molar-refractivity contribution in [2.24, 2.45) is 7.05 Å². The molecule has 7 heteroatoms. The Bertz CT molecular complexity index is 872. The molecule has 1 aromatic heterocycles. The zero-order chi connectivity index (χ0) is 19.3. The summed E-state index contributed by atoms with van der Waals surface area (Å²) in [5.74, 6) is -0.401. The van der Waals surface area contributed by atoms with E-state index in [-0.39, 0.29) is 13.1 Å². The number of aliphatic hydroxyl groups is 1. The first-order valence-corrected chi connectivity index (χ1v) is 8.42. The van der Waals surface area contributed by atoms with Gasteiger partial charge >= 0.3 is 12.1 Å². The molecule has 2 aromatic rings. The highest BCUT2D eigenvalue weighted by Gasteiger charge is 2.46. The molecule has 1 saturated heterocycles. The van der Waals surface area contributed by atoms with Crippen LogP contribution >= 0.6 is 0 Å². The van der Waals surface area contributed by atoms with Gasteiger partial charge in [0, 0.05) is 24.1 Å². The second-order valence-electron chi connectivity index (χ2n) is 7.75. The number of amides is 1. The number of nitrogens with zero attached hydrogens (tertiary/aromatic N) is 2. The highest BCUT2D eigenvalue weighted by molar-refractivity contribution is 6.04. The van der Waals surface area contributed by atoms with E-state index in [1.165, 1.54) is 12.0 Å². The Morgan fingerprint density at radius 1 is 1.23 bits per heavy atom. The van der Waals surface area contributed by atoms with E-state index in [2.05, 4.69) is 0 Å². The molecule has 0 unspecified atom stereocenters. The number of aryl methyl sites for hydroxylation is 1. The van der Waals surface area contributed by atoms with Gasteiger partial charge in [0.15, 0.2) is 0 Å². The van der Waals surface area contributed by atoms with E-state index in [1.807, 2.05) is 17.7 Å². The Kier molecular flexibility index (Phi) is 4.23. The number of ether oxygens (including phenoxy) is 2. The van der Waals surface area contributed by atoms with Gasteiger partial charge in [0.05, 0.1) is 25.8 Å². The van der Waals surface area contributed by atoms with Crippen LogP contribution in [0, 0.1) is 0 Å². The molecule has 0 spiro atoms. The fraction of sp³-hybridized carbons (Fsp3) is 0.474. The van der Waals surface area contributed by atoms with Gasteiger partial charge in [-0.3, -0.25) is 0 Å². The fourth-order valence-electron chi connectivity index (χ4n) is 3.17. The Balaban J connectivity index is 1.83. The minimum Gasteiger partial charge on any atom is -0.465 e. The monoisotopic (exact) mass is 360 g/mol. The molecule has 1 fully saturated rings. The largest absolute Gasteiger partial charge is 0.465 e. The van der Waals surface area contributed by atoms with E-state index in [1.54, 1.807) is 39.1 Å². The van der Waals surface area contributed by atoms with Gasteiger partial charge in [-0.05, 0) is 32.4 Å². The number of rotatable bonds is 2. The first kappa shape index (κ1) is 18.3. The minimum absolute atomic E-state index is 0.168. The van der Waals surface area contributed by atoms with Crippen molar-refractivity contribution in [1.29, 1.82) is 0 Å². The summed E-state index contributed by atoms with van der Waals surface area (Å²) in [6.45, 7) is 5.75. The van der Waals surface area contributed by atoms with Crippen LogP contribution in [0.4, 0.5) is 4.79 Å². The van der Waals surface area contributed by atoms with Crippen LogP contribution < -0.4 is 0 Å². The molecule has 0 saturated carbocycles. The third-order valence-electron chi connectivity index (χ3n) is 4.49. The molecule has 0 radical (unpaired) electrons. The van der Waals surface area contributed by atoms with Crippen LogP contribution in [0.1, 0.15) is 36.7 Å². The number of fused-ring (bicyclic) bond motifs is 1. The van der Waals surface area contributed by atoms with Gasteiger partial charge in [0.1, 0.15) is 11.2 Å². The average Bonchev–Trinajstić information content (AvgIpc) is 2.86. The van der Waals surface area contributed by atoms with Gasteiger partial charge < -0.3 is 24.0 Å². The third kappa shape index (κ3) is 3.14. The smallest absolute Gasteiger partial charge is 0.410 e. The highest BCUT2D eigenvalue weighted by Crippen LogP contribution is 2.35. The topological polar surface area (TPSA) is 81.0 Å².